The normalized spacial score (nSPS) is 27.2. The number of nitrogen functional groups attached to an aromatic ring is 1. The summed E-state index contributed by atoms with van der Waals surface area (Å²) in [6.07, 6.45) is 9.66. The Labute approximate surface area is 158 Å². The Balaban J connectivity index is 1.75. The summed E-state index contributed by atoms with van der Waals surface area (Å²) >= 11 is 0. The number of allylic oxidation sites excluding steroid dienone is 4. The summed E-state index contributed by atoms with van der Waals surface area (Å²) < 4.78 is 2.17. The highest BCUT2D eigenvalue weighted by Gasteiger charge is 2.54. The molecule has 2 N–H and O–H groups in total. The van der Waals surface area contributed by atoms with Crippen molar-refractivity contribution in [2.24, 2.45) is 5.92 Å². The van der Waals surface area contributed by atoms with Crippen molar-refractivity contribution < 1.29 is 0 Å². The summed E-state index contributed by atoms with van der Waals surface area (Å²) in [6, 6.07) is 3.60. The van der Waals surface area contributed by atoms with Gasteiger partial charge in [-0.25, -0.2) is 4.98 Å². The largest absolute Gasteiger partial charge is 0.385 e. The fraction of sp³-hybridized carbons (Fsp3) is 0.429. The van der Waals surface area contributed by atoms with Crippen LogP contribution in [0.4, 0.5) is 11.6 Å². The molecule has 140 valence electrons. The van der Waals surface area contributed by atoms with Crippen LogP contribution in [0.3, 0.4) is 0 Å². The minimum atomic E-state index is -0.141. The lowest BCUT2D eigenvalue weighted by molar-refractivity contribution is 0.312. The molecule has 2 unspecified atom stereocenters. The minimum Gasteiger partial charge on any atom is -0.385 e. The van der Waals surface area contributed by atoms with Gasteiger partial charge in [-0.2, -0.15) is 0 Å². The van der Waals surface area contributed by atoms with Crippen molar-refractivity contribution in [3.8, 4) is 0 Å². The first kappa shape index (κ1) is 16.6. The van der Waals surface area contributed by atoms with E-state index in [1.807, 2.05) is 13.0 Å². The van der Waals surface area contributed by atoms with Crippen molar-refractivity contribution in [3.63, 3.8) is 0 Å². The van der Waals surface area contributed by atoms with Gasteiger partial charge in [-0.1, -0.05) is 24.3 Å². The van der Waals surface area contributed by atoms with Crippen molar-refractivity contribution >= 4 is 22.5 Å². The van der Waals surface area contributed by atoms with E-state index >= 15 is 0 Å². The third-order valence-corrected chi connectivity index (χ3v) is 6.22. The van der Waals surface area contributed by atoms with E-state index in [0.717, 1.165) is 49.6 Å². The molecule has 2 aromatic rings. The van der Waals surface area contributed by atoms with Gasteiger partial charge in [-0.05, 0) is 26.5 Å². The number of nitrogens with zero attached hydrogens (tertiary/aromatic N) is 4. The van der Waals surface area contributed by atoms with Gasteiger partial charge in [0.1, 0.15) is 11.6 Å². The van der Waals surface area contributed by atoms with Crippen molar-refractivity contribution in [1.29, 1.82) is 0 Å². The molecule has 3 aliphatic rings. The Kier molecular flexibility index (Phi) is 3.49. The number of piperazine rings is 1. The van der Waals surface area contributed by atoms with Crippen LogP contribution in [0.1, 0.15) is 12.1 Å². The van der Waals surface area contributed by atoms with Crippen molar-refractivity contribution in [3.05, 3.63) is 52.4 Å². The maximum absolute atomic E-state index is 13.0. The molecule has 0 spiro atoms. The molecule has 3 heterocycles. The molecule has 2 fully saturated rings. The van der Waals surface area contributed by atoms with Gasteiger partial charge < -0.3 is 20.1 Å². The summed E-state index contributed by atoms with van der Waals surface area (Å²) in [5.74, 6) is 1.78. The molecule has 6 nitrogen and oxygen atoms in total. The summed E-state index contributed by atoms with van der Waals surface area (Å²) in [6.45, 7) is 5.69. The lowest BCUT2D eigenvalue weighted by atomic mass is 10.1. The average molecular weight is 363 g/mol. The maximum atomic E-state index is 13.0. The Morgan fingerprint density at radius 1 is 1.19 bits per heavy atom. The van der Waals surface area contributed by atoms with E-state index in [0.29, 0.717) is 17.1 Å². The Morgan fingerprint density at radius 3 is 2.70 bits per heavy atom. The van der Waals surface area contributed by atoms with E-state index in [1.165, 1.54) is 0 Å². The molecule has 0 bridgehead atoms. The average Bonchev–Trinajstić information content (AvgIpc) is 3.36. The number of anilines is 2. The highest BCUT2D eigenvalue weighted by molar-refractivity contribution is 5.92. The number of hydrogen-bond donors (Lipinski definition) is 1. The zero-order chi connectivity index (χ0) is 18.8. The van der Waals surface area contributed by atoms with E-state index in [-0.39, 0.29) is 11.0 Å². The molecular weight excluding hydrogens is 338 g/mol. The molecule has 2 atom stereocenters. The predicted octanol–water partition coefficient (Wildman–Crippen LogP) is 1.88. The van der Waals surface area contributed by atoms with Gasteiger partial charge in [-0.3, -0.25) is 4.79 Å². The summed E-state index contributed by atoms with van der Waals surface area (Å²) in [5, 5.41) is 0.697. The molecule has 0 radical (unpaired) electrons. The molecule has 0 aromatic carbocycles. The molecular formula is C21H25N5O. The molecule has 1 aliphatic heterocycles. The van der Waals surface area contributed by atoms with Crippen LogP contribution in [0.2, 0.25) is 0 Å². The van der Waals surface area contributed by atoms with Gasteiger partial charge >= 0.3 is 0 Å². The number of nitrogens with two attached hydrogens (primary N) is 1. The van der Waals surface area contributed by atoms with Crippen molar-refractivity contribution in [2.75, 3.05) is 43.9 Å². The minimum absolute atomic E-state index is 0.0379. The van der Waals surface area contributed by atoms with Crippen LogP contribution in [0.15, 0.2) is 41.2 Å². The first-order chi connectivity index (χ1) is 13.0. The first-order valence-electron chi connectivity index (χ1n) is 9.62. The summed E-state index contributed by atoms with van der Waals surface area (Å²) in [5.41, 5.74) is 8.03. The molecule has 2 aromatic heterocycles. The maximum Gasteiger partial charge on any atom is 0.195 e. The van der Waals surface area contributed by atoms with Crippen LogP contribution >= 0.6 is 0 Å². The van der Waals surface area contributed by atoms with Gasteiger partial charge in [0, 0.05) is 43.9 Å². The van der Waals surface area contributed by atoms with Crippen LogP contribution in [0, 0.1) is 12.8 Å². The van der Waals surface area contributed by atoms with Gasteiger partial charge in [0.25, 0.3) is 0 Å². The molecule has 0 amide bonds. The second-order valence-corrected chi connectivity index (χ2v) is 8.09. The second kappa shape index (κ2) is 5.70. The summed E-state index contributed by atoms with van der Waals surface area (Å²) in [7, 11) is 2.13. The number of aromatic nitrogens is 2. The summed E-state index contributed by atoms with van der Waals surface area (Å²) in [4.78, 5) is 22.3. The zero-order valence-electron chi connectivity index (χ0n) is 15.9. The number of aryl methyl sites for hydroxylation is 1. The predicted molar refractivity (Wildman–Crippen MR) is 109 cm³/mol. The van der Waals surface area contributed by atoms with Gasteiger partial charge in [0.15, 0.2) is 5.43 Å². The highest BCUT2D eigenvalue weighted by atomic mass is 16.1. The Morgan fingerprint density at radius 2 is 1.96 bits per heavy atom. The van der Waals surface area contributed by atoms with E-state index in [2.05, 4.69) is 45.7 Å². The van der Waals surface area contributed by atoms with Crippen LogP contribution in [-0.4, -0.2) is 47.7 Å². The van der Waals surface area contributed by atoms with Crippen LogP contribution in [-0.2, 0) is 5.54 Å². The number of hydrogen-bond acceptors (Lipinski definition) is 5. The molecule has 5 rings (SSSR count). The van der Waals surface area contributed by atoms with Crippen molar-refractivity contribution in [1.82, 2.24) is 14.5 Å². The first-order valence-corrected chi connectivity index (χ1v) is 9.62. The van der Waals surface area contributed by atoms with E-state index in [1.54, 1.807) is 6.07 Å². The van der Waals surface area contributed by atoms with Crippen LogP contribution < -0.4 is 16.1 Å². The van der Waals surface area contributed by atoms with E-state index < -0.39 is 0 Å². The van der Waals surface area contributed by atoms with Crippen molar-refractivity contribution in [2.45, 2.75) is 18.9 Å². The Hall–Kier alpha value is -2.60. The fourth-order valence-electron chi connectivity index (χ4n) is 4.65. The molecule has 1 saturated heterocycles. The fourth-order valence-corrected chi connectivity index (χ4v) is 4.65. The third kappa shape index (κ3) is 2.43. The molecule has 1 saturated carbocycles. The Bertz CT molecular complexity index is 1040. The van der Waals surface area contributed by atoms with Gasteiger partial charge in [0.05, 0.1) is 16.4 Å². The SMILES string of the molecule is Cc1cc2c(c(N3CCN(C)CC3)n1)c(=O)cc(N)n2C12C=CC=CC1C2. The molecule has 6 heteroatoms. The molecule has 27 heavy (non-hydrogen) atoms. The zero-order valence-corrected chi connectivity index (χ0v) is 15.9. The molecule has 2 aliphatic carbocycles. The lowest BCUT2D eigenvalue weighted by Crippen LogP contribution is -2.45. The monoisotopic (exact) mass is 363 g/mol. The topological polar surface area (TPSA) is 67.4 Å². The number of pyridine rings is 2. The van der Waals surface area contributed by atoms with Crippen LogP contribution in [0.25, 0.3) is 10.9 Å². The second-order valence-electron chi connectivity index (χ2n) is 8.09. The number of rotatable bonds is 2. The standard InChI is InChI=1S/C21H25N5O/c1-14-11-16-19(20(23-14)25-9-7-24(2)8-10-25)17(27)12-18(22)26(16)21-6-4-3-5-15(21)13-21/h3-6,11-12,15H,7-10,13,22H2,1-2H3. The lowest BCUT2D eigenvalue weighted by Gasteiger charge is -2.34. The van der Waals surface area contributed by atoms with E-state index in [9.17, 15) is 4.79 Å². The van der Waals surface area contributed by atoms with Gasteiger partial charge in [0.2, 0.25) is 0 Å². The van der Waals surface area contributed by atoms with E-state index in [4.69, 9.17) is 10.7 Å². The number of fused-ring (bicyclic) bond motifs is 2. The van der Waals surface area contributed by atoms with Gasteiger partial charge in [-0.15, -0.1) is 0 Å². The number of likely N-dealkylation sites (N-methyl/N-ethyl adjacent to an activating group) is 1. The smallest absolute Gasteiger partial charge is 0.195 e. The third-order valence-electron chi connectivity index (χ3n) is 6.22. The van der Waals surface area contributed by atoms with Crippen LogP contribution in [0.5, 0.6) is 0 Å². The highest BCUT2D eigenvalue weighted by Crippen LogP contribution is 2.56. The quantitative estimate of drug-likeness (QED) is 0.882.